The molecule has 3 N–H and O–H groups in total. The number of nitrogens with one attached hydrogen (secondary N) is 2. The van der Waals surface area contributed by atoms with Crippen molar-refractivity contribution in [1.82, 2.24) is 5.32 Å². The summed E-state index contributed by atoms with van der Waals surface area (Å²) < 4.78 is 40.0. The molecule has 0 unspecified atom stereocenters. The van der Waals surface area contributed by atoms with Gasteiger partial charge in [0.2, 0.25) is 5.91 Å². The van der Waals surface area contributed by atoms with Gasteiger partial charge in [0, 0.05) is 18.3 Å². The maximum atomic E-state index is 12.1. The number of aliphatic hydroxyl groups excluding tert-OH is 1. The number of alkyl halides is 3. The standard InChI is InChI=1S/C12H13F3N2O3/c13-12(14,15)20-9-3-1-2-7(4-9)17-11(19)10-5-8(18)6-16-10/h1-4,8,10,16,18H,5-6H2,(H,17,19)/t8-,10-/m0/s1. The van der Waals surface area contributed by atoms with Crippen molar-refractivity contribution >= 4 is 11.6 Å². The topological polar surface area (TPSA) is 70.6 Å². The van der Waals surface area contributed by atoms with Gasteiger partial charge in [0.1, 0.15) is 5.75 Å². The molecule has 2 rings (SSSR count). The van der Waals surface area contributed by atoms with Gasteiger partial charge in [-0.05, 0) is 18.6 Å². The molecule has 1 aliphatic rings. The fraction of sp³-hybridized carbons (Fsp3) is 0.417. The van der Waals surface area contributed by atoms with E-state index in [2.05, 4.69) is 15.4 Å². The summed E-state index contributed by atoms with van der Waals surface area (Å²) in [6.45, 7) is 0.315. The van der Waals surface area contributed by atoms with E-state index >= 15 is 0 Å². The molecule has 1 heterocycles. The summed E-state index contributed by atoms with van der Waals surface area (Å²) in [6.07, 6.45) is -5.10. The van der Waals surface area contributed by atoms with E-state index in [4.69, 9.17) is 0 Å². The van der Waals surface area contributed by atoms with Crippen LogP contribution in [0.3, 0.4) is 0 Å². The van der Waals surface area contributed by atoms with Crippen LogP contribution < -0.4 is 15.4 Å². The Kier molecular flexibility index (Phi) is 4.15. The first kappa shape index (κ1) is 14.6. The first-order chi connectivity index (χ1) is 9.33. The number of anilines is 1. The first-order valence-electron chi connectivity index (χ1n) is 5.91. The van der Waals surface area contributed by atoms with Crippen molar-refractivity contribution in [3.8, 4) is 5.75 Å². The third-order valence-corrected chi connectivity index (χ3v) is 2.76. The van der Waals surface area contributed by atoms with Crippen molar-refractivity contribution in [2.75, 3.05) is 11.9 Å². The molecule has 110 valence electrons. The smallest absolute Gasteiger partial charge is 0.406 e. The number of halogens is 3. The number of benzene rings is 1. The van der Waals surface area contributed by atoms with Gasteiger partial charge in [-0.2, -0.15) is 0 Å². The Morgan fingerprint density at radius 1 is 1.45 bits per heavy atom. The zero-order valence-electron chi connectivity index (χ0n) is 10.3. The largest absolute Gasteiger partial charge is 0.573 e. The lowest BCUT2D eigenvalue weighted by Gasteiger charge is -2.13. The predicted molar refractivity (Wildman–Crippen MR) is 64.2 cm³/mol. The molecule has 0 aromatic heterocycles. The maximum absolute atomic E-state index is 12.1. The number of carbonyl (C=O) groups excluding carboxylic acids is 1. The molecule has 1 aliphatic heterocycles. The van der Waals surface area contributed by atoms with Crippen LogP contribution in [0.1, 0.15) is 6.42 Å². The lowest BCUT2D eigenvalue weighted by molar-refractivity contribution is -0.274. The third kappa shape index (κ3) is 4.10. The van der Waals surface area contributed by atoms with Gasteiger partial charge in [-0.25, -0.2) is 0 Å². The Hall–Kier alpha value is -1.80. The van der Waals surface area contributed by atoms with Crippen molar-refractivity contribution < 1.29 is 27.8 Å². The van der Waals surface area contributed by atoms with Crippen molar-refractivity contribution in [2.24, 2.45) is 0 Å². The SMILES string of the molecule is O=C(Nc1cccc(OC(F)(F)F)c1)[C@@H]1C[C@H](O)CN1. The molecule has 2 atom stereocenters. The highest BCUT2D eigenvalue weighted by Crippen LogP contribution is 2.25. The second kappa shape index (κ2) is 5.68. The van der Waals surface area contributed by atoms with Gasteiger partial charge in [-0.15, -0.1) is 13.2 Å². The molecule has 1 aromatic rings. The minimum Gasteiger partial charge on any atom is -0.406 e. The number of ether oxygens (including phenoxy) is 1. The summed E-state index contributed by atoms with van der Waals surface area (Å²) in [5, 5.41) is 14.6. The zero-order valence-corrected chi connectivity index (χ0v) is 10.3. The number of amides is 1. The van der Waals surface area contributed by atoms with Crippen LogP contribution in [0.4, 0.5) is 18.9 Å². The summed E-state index contributed by atoms with van der Waals surface area (Å²) >= 11 is 0. The average Bonchev–Trinajstić information content (AvgIpc) is 2.74. The average molecular weight is 290 g/mol. The monoisotopic (exact) mass is 290 g/mol. The van der Waals surface area contributed by atoms with Crippen LogP contribution in [0, 0.1) is 0 Å². The van der Waals surface area contributed by atoms with E-state index in [9.17, 15) is 23.1 Å². The Morgan fingerprint density at radius 2 is 2.20 bits per heavy atom. The summed E-state index contributed by atoms with van der Waals surface area (Å²) in [6, 6.07) is 4.45. The summed E-state index contributed by atoms with van der Waals surface area (Å²) in [7, 11) is 0. The van der Waals surface area contributed by atoms with Gasteiger partial charge in [-0.1, -0.05) is 6.07 Å². The van der Waals surface area contributed by atoms with E-state index in [1.165, 1.54) is 12.1 Å². The molecule has 8 heteroatoms. The molecular weight excluding hydrogens is 277 g/mol. The van der Waals surface area contributed by atoms with Crippen LogP contribution in [-0.4, -0.2) is 36.1 Å². The minimum absolute atomic E-state index is 0.194. The number of aliphatic hydroxyl groups is 1. The first-order valence-corrected chi connectivity index (χ1v) is 5.91. The number of rotatable bonds is 3. The Balaban J connectivity index is 1.99. The summed E-state index contributed by atoms with van der Waals surface area (Å²) in [5.74, 6) is -0.819. The van der Waals surface area contributed by atoms with Crippen LogP contribution in [0.25, 0.3) is 0 Å². The van der Waals surface area contributed by atoms with Crippen LogP contribution in [-0.2, 0) is 4.79 Å². The van der Waals surface area contributed by atoms with E-state index < -0.39 is 30.2 Å². The number of β-amino-alcohol motifs (C(OH)–C–C–N with tert-alkyl or cyclic N) is 1. The summed E-state index contributed by atoms with van der Waals surface area (Å²) in [4.78, 5) is 11.8. The van der Waals surface area contributed by atoms with E-state index in [0.717, 1.165) is 12.1 Å². The predicted octanol–water partition coefficient (Wildman–Crippen LogP) is 1.25. The highest BCUT2D eigenvalue weighted by molar-refractivity contribution is 5.95. The highest BCUT2D eigenvalue weighted by atomic mass is 19.4. The highest BCUT2D eigenvalue weighted by Gasteiger charge is 2.31. The van der Waals surface area contributed by atoms with E-state index in [0.29, 0.717) is 6.54 Å². The molecule has 20 heavy (non-hydrogen) atoms. The molecule has 1 aromatic carbocycles. The van der Waals surface area contributed by atoms with E-state index in [-0.39, 0.29) is 12.1 Å². The quantitative estimate of drug-likeness (QED) is 0.783. The fourth-order valence-corrected chi connectivity index (χ4v) is 1.92. The molecule has 1 saturated heterocycles. The summed E-state index contributed by atoms with van der Waals surface area (Å²) in [5.41, 5.74) is 0.194. The molecule has 1 amide bonds. The van der Waals surface area contributed by atoms with Crippen molar-refractivity contribution in [2.45, 2.75) is 24.9 Å². The molecule has 0 aliphatic carbocycles. The Bertz CT molecular complexity index is 493. The third-order valence-electron chi connectivity index (χ3n) is 2.76. The van der Waals surface area contributed by atoms with Crippen LogP contribution in [0.5, 0.6) is 5.75 Å². The number of hydrogen-bond donors (Lipinski definition) is 3. The van der Waals surface area contributed by atoms with Crippen LogP contribution in [0.15, 0.2) is 24.3 Å². The normalized spacial score (nSPS) is 22.6. The van der Waals surface area contributed by atoms with Crippen molar-refractivity contribution in [3.05, 3.63) is 24.3 Å². The molecule has 0 saturated carbocycles. The van der Waals surface area contributed by atoms with Gasteiger partial charge in [-0.3, -0.25) is 4.79 Å². The van der Waals surface area contributed by atoms with Crippen molar-refractivity contribution in [1.29, 1.82) is 0 Å². The molecule has 0 spiro atoms. The van der Waals surface area contributed by atoms with Gasteiger partial charge < -0.3 is 20.5 Å². The van der Waals surface area contributed by atoms with E-state index in [1.54, 1.807) is 0 Å². The van der Waals surface area contributed by atoms with Gasteiger partial charge >= 0.3 is 6.36 Å². The zero-order chi connectivity index (χ0) is 14.8. The second-order valence-corrected chi connectivity index (χ2v) is 4.42. The lowest BCUT2D eigenvalue weighted by Crippen LogP contribution is -2.35. The van der Waals surface area contributed by atoms with Gasteiger partial charge in [0.25, 0.3) is 0 Å². The minimum atomic E-state index is -4.78. The van der Waals surface area contributed by atoms with Crippen LogP contribution >= 0.6 is 0 Å². The Morgan fingerprint density at radius 3 is 2.80 bits per heavy atom. The Labute approximate surface area is 112 Å². The van der Waals surface area contributed by atoms with E-state index in [1.807, 2.05) is 0 Å². The van der Waals surface area contributed by atoms with Crippen LogP contribution in [0.2, 0.25) is 0 Å². The van der Waals surface area contributed by atoms with Crippen molar-refractivity contribution in [3.63, 3.8) is 0 Å². The molecule has 1 fully saturated rings. The van der Waals surface area contributed by atoms with Gasteiger partial charge in [0.05, 0.1) is 12.1 Å². The molecule has 0 radical (unpaired) electrons. The number of carbonyl (C=O) groups is 1. The van der Waals surface area contributed by atoms with Gasteiger partial charge in [0.15, 0.2) is 0 Å². The number of hydrogen-bond acceptors (Lipinski definition) is 4. The second-order valence-electron chi connectivity index (χ2n) is 4.42. The maximum Gasteiger partial charge on any atom is 0.573 e. The molecule has 5 nitrogen and oxygen atoms in total. The molecular formula is C12H13F3N2O3. The lowest BCUT2D eigenvalue weighted by atomic mass is 10.2. The fourth-order valence-electron chi connectivity index (χ4n) is 1.92. The molecule has 0 bridgehead atoms.